The van der Waals surface area contributed by atoms with Crippen molar-refractivity contribution in [1.82, 2.24) is 25.2 Å². The average Bonchev–Trinajstić information content (AvgIpc) is 2.99. The number of para-hydroxylation sites is 1. The van der Waals surface area contributed by atoms with Gasteiger partial charge in [-0.15, -0.1) is 0 Å². The second-order valence-electron chi connectivity index (χ2n) is 9.14. The second kappa shape index (κ2) is 11.7. The lowest BCUT2D eigenvalue weighted by Crippen LogP contribution is -2.37. The number of hydrogen-bond acceptors (Lipinski definition) is 7. The van der Waals surface area contributed by atoms with Crippen molar-refractivity contribution in [2.24, 2.45) is 0 Å². The van der Waals surface area contributed by atoms with Crippen molar-refractivity contribution in [3.8, 4) is 17.1 Å². The Kier molecular flexibility index (Phi) is 7.77. The van der Waals surface area contributed by atoms with Gasteiger partial charge in [-0.2, -0.15) is 0 Å². The molecule has 0 saturated carbocycles. The maximum absolute atomic E-state index is 13.4. The molecule has 0 aliphatic carbocycles. The maximum atomic E-state index is 13.4. The van der Waals surface area contributed by atoms with Crippen LogP contribution in [0.4, 0.5) is 5.82 Å². The van der Waals surface area contributed by atoms with E-state index in [0.717, 1.165) is 28.4 Å². The fourth-order valence-electron chi connectivity index (χ4n) is 4.46. The number of amides is 2. The molecule has 0 saturated heterocycles. The SMILES string of the molecule is CCNC(=O)c1ccc(-c2nc3c(c(NC)n2)CCN(C(=O)c2ccc(COc4ccccc4)cc2)C3)cn1. The molecule has 198 valence electrons. The number of nitrogens with one attached hydrogen (secondary N) is 2. The summed E-state index contributed by atoms with van der Waals surface area (Å²) in [5.41, 5.74) is 4.44. The molecule has 9 nitrogen and oxygen atoms in total. The number of pyridine rings is 1. The van der Waals surface area contributed by atoms with Gasteiger partial charge in [0, 0.05) is 43.0 Å². The molecule has 4 aromatic rings. The summed E-state index contributed by atoms with van der Waals surface area (Å²) in [6.07, 6.45) is 2.25. The van der Waals surface area contributed by atoms with Gasteiger partial charge in [0.2, 0.25) is 0 Å². The van der Waals surface area contributed by atoms with Crippen molar-refractivity contribution in [1.29, 1.82) is 0 Å². The van der Waals surface area contributed by atoms with Crippen LogP contribution in [0.3, 0.4) is 0 Å². The summed E-state index contributed by atoms with van der Waals surface area (Å²) in [5.74, 6) is 1.76. The van der Waals surface area contributed by atoms with E-state index in [-0.39, 0.29) is 11.8 Å². The summed E-state index contributed by atoms with van der Waals surface area (Å²) in [4.78, 5) is 41.0. The van der Waals surface area contributed by atoms with E-state index in [9.17, 15) is 9.59 Å². The van der Waals surface area contributed by atoms with Crippen molar-refractivity contribution in [3.05, 3.63) is 101 Å². The van der Waals surface area contributed by atoms with E-state index in [0.29, 0.717) is 55.3 Å². The third kappa shape index (κ3) is 5.87. The molecular weight excluding hydrogens is 492 g/mol. The number of carbonyl (C=O) groups is 2. The first-order valence-electron chi connectivity index (χ1n) is 12.9. The molecule has 0 fully saturated rings. The summed E-state index contributed by atoms with van der Waals surface area (Å²) in [6, 6.07) is 20.6. The molecule has 0 atom stereocenters. The maximum Gasteiger partial charge on any atom is 0.269 e. The van der Waals surface area contributed by atoms with Crippen LogP contribution in [0.15, 0.2) is 72.9 Å². The van der Waals surface area contributed by atoms with Crippen LogP contribution in [0.2, 0.25) is 0 Å². The van der Waals surface area contributed by atoms with Crippen LogP contribution in [0.25, 0.3) is 11.4 Å². The van der Waals surface area contributed by atoms with Crippen LogP contribution in [0.5, 0.6) is 5.75 Å². The zero-order chi connectivity index (χ0) is 27.2. The van der Waals surface area contributed by atoms with Crippen molar-refractivity contribution < 1.29 is 14.3 Å². The highest BCUT2D eigenvalue weighted by Crippen LogP contribution is 2.28. The van der Waals surface area contributed by atoms with E-state index >= 15 is 0 Å². The van der Waals surface area contributed by atoms with Crippen LogP contribution in [-0.2, 0) is 19.6 Å². The van der Waals surface area contributed by atoms with Crippen LogP contribution in [0.1, 0.15) is 44.6 Å². The van der Waals surface area contributed by atoms with Gasteiger partial charge < -0.3 is 20.3 Å². The Hall–Kier alpha value is -4.79. The minimum Gasteiger partial charge on any atom is -0.489 e. The molecule has 5 rings (SSSR count). The van der Waals surface area contributed by atoms with Crippen LogP contribution in [-0.4, -0.2) is 51.8 Å². The van der Waals surface area contributed by atoms with Gasteiger partial charge in [0.25, 0.3) is 11.8 Å². The second-order valence-corrected chi connectivity index (χ2v) is 9.14. The van der Waals surface area contributed by atoms with Gasteiger partial charge in [0.05, 0.1) is 12.2 Å². The lowest BCUT2D eigenvalue weighted by Gasteiger charge is -2.29. The van der Waals surface area contributed by atoms with Gasteiger partial charge in [-0.1, -0.05) is 30.3 Å². The lowest BCUT2D eigenvalue weighted by atomic mass is 10.0. The van der Waals surface area contributed by atoms with E-state index in [1.165, 1.54) is 0 Å². The number of ether oxygens (including phenoxy) is 1. The van der Waals surface area contributed by atoms with E-state index in [1.807, 2.05) is 73.5 Å². The molecule has 1 aliphatic rings. The first-order valence-corrected chi connectivity index (χ1v) is 12.9. The van der Waals surface area contributed by atoms with Gasteiger partial charge in [-0.25, -0.2) is 9.97 Å². The Labute approximate surface area is 227 Å². The summed E-state index contributed by atoms with van der Waals surface area (Å²) in [5, 5.41) is 5.91. The number of fused-ring (bicyclic) bond motifs is 1. The number of carbonyl (C=O) groups excluding carboxylic acids is 2. The molecule has 0 bridgehead atoms. The predicted molar refractivity (Wildman–Crippen MR) is 148 cm³/mol. The Morgan fingerprint density at radius 2 is 1.79 bits per heavy atom. The first-order chi connectivity index (χ1) is 19.1. The van der Waals surface area contributed by atoms with Crippen LogP contribution >= 0.6 is 0 Å². The fourth-order valence-corrected chi connectivity index (χ4v) is 4.46. The van der Waals surface area contributed by atoms with Gasteiger partial charge in [0.1, 0.15) is 23.9 Å². The molecule has 2 aromatic heterocycles. The average molecular weight is 523 g/mol. The first kappa shape index (κ1) is 25.8. The summed E-state index contributed by atoms with van der Waals surface area (Å²) in [6.45, 7) is 3.77. The number of rotatable bonds is 8. The van der Waals surface area contributed by atoms with Gasteiger partial charge in [-0.05, 0) is 55.3 Å². The Bertz CT molecular complexity index is 1460. The standard InChI is InChI=1S/C30H30N6O3/c1-3-32-29(37)25-14-13-22(17-33-25)27-34-26-18-36(16-15-24(26)28(31-2)35-27)30(38)21-11-9-20(10-12-21)19-39-23-7-5-4-6-8-23/h4-14,17H,3,15-16,18-19H2,1-2H3,(H,32,37)(H,31,34,35). The third-order valence-corrected chi connectivity index (χ3v) is 6.53. The molecule has 2 amide bonds. The highest BCUT2D eigenvalue weighted by molar-refractivity contribution is 5.94. The molecule has 0 spiro atoms. The molecule has 3 heterocycles. The normalized spacial score (nSPS) is 12.4. The minimum atomic E-state index is -0.225. The minimum absolute atomic E-state index is 0.0460. The van der Waals surface area contributed by atoms with Crippen LogP contribution < -0.4 is 15.4 Å². The Balaban J connectivity index is 1.30. The van der Waals surface area contributed by atoms with Crippen molar-refractivity contribution in [2.75, 3.05) is 25.5 Å². The molecule has 2 N–H and O–H groups in total. The zero-order valence-corrected chi connectivity index (χ0v) is 22.0. The topological polar surface area (TPSA) is 109 Å². The number of hydrogen-bond donors (Lipinski definition) is 2. The molecule has 1 aliphatic heterocycles. The van der Waals surface area contributed by atoms with E-state index in [1.54, 1.807) is 18.3 Å². The van der Waals surface area contributed by atoms with Crippen molar-refractivity contribution >= 4 is 17.6 Å². The monoisotopic (exact) mass is 522 g/mol. The number of benzene rings is 2. The van der Waals surface area contributed by atoms with Crippen molar-refractivity contribution in [3.63, 3.8) is 0 Å². The number of nitrogens with zero attached hydrogens (tertiary/aromatic N) is 4. The van der Waals surface area contributed by atoms with Crippen molar-refractivity contribution in [2.45, 2.75) is 26.5 Å². The largest absolute Gasteiger partial charge is 0.489 e. The zero-order valence-electron chi connectivity index (χ0n) is 22.0. The predicted octanol–water partition coefficient (Wildman–Crippen LogP) is 4.11. The molecule has 0 radical (unpaired) electrons. The molecular formula is C30H30N6O3. The summed E-state index contributed by atoms with van der Waals surface area (Å²) < 4.78 is 5.81. The number of aromatic nitrogens is 3. The van der Waals surface area contributed by atoms with Crippen LogP contribution in [0, 0.1) is 0 Å². The lowest BCUT2D eigenvalue weighted by molar-refractivity contribution is 0.0731. The quantitative estimate of drug-likeness (QED) is 0.358. The molecule has 2 aromatic carbocycles. The molecule has 0 unspecified atom stereocenters. The third-order valence-electron chi connectivity index (χ3n) is 6.53. The van der Waals surface area contributed by atoms with Gasteiger partial charge >= 0.3 is 0 Å². The van der Waals surface area contributed by atoms with E-state index in [4.69, 9.17) is 9.72 Å². The fraction of sp³-hybridized carbons (Fsp3) is 0.233. The number of anilines is 1. The summed E-state index contributed by atoms with van der Waals surface area (Å²) >= 11 is 0. The van der Waals surface area contributed by atoms with E-state index in [2.05, 4.69) is 20.6 Å². The van der Waals surface area contributed by atoms with Gasteiger partial charge in [0.15, 0.2) is 5.82 Å². The van der Waals surface area contributed by atoms with E-state index < -0.39 is 0 Å². The molecule has 39 heavy (non-hydrogen) atoms. The highest BCUT2D eigenvalue weighted by atomic mass is 16.5. The van der Waals surface area contributed by atoms with Gasteiger partial charge in [-0.3, -0.25) is 14.6 Å². The molecule has 9 heteroatoms. The highest BCUT2D eigenvalue weighted by Gasteiger charge is 2.26. The smallest absolute Gasteiger partial charge is 0.269 e. The summed E-state index contributed by atoms with van der Waals surface area (Å²) in [7, 11) is 1.82. The Morgan fingerprint density at radius 3 is 2.49 bits per heavy atom. The Morgan fingerprint density at radius 1 is 1.00 bits per heavy atom.